The van der Waals surface area contributed by atoms with Gasteiger partial charge in [-0.25, -0.2) is 14.3 Å². The van der Waals surface area contributed by atoms with Crippen molar-refractivity contribution >= 4 is 0 Å². The fourth-order valence-electron chi connectivity index (χ4n) is 3.31. The van der Waals surface area contributed by atoms with Gasteiger partial charge in [-0.1, -0.05) is 12.1 Å². The highest BCUT2D eigenvalue weighted by molar-refractivity contribution is 5.66. The number of benzene rings is 2. The zero-order chi connectivity index (χ0) is 25.3. The maximum atomic E-state index is 14.8. The number of hydrogen-bond donors (Lipinski definition) is 1. The van der Waals surface area contributed by atoms with Crippen LogP contribution < -0.4 is 16.0 Å². The van der Waals surface area contributed by atoms with Crippen LogP contribution in [-0.2, 0) is 19.8 Å². The molecule has 0 amide bonds. The van der Waals surface area contributed by atoms with Gasteiger partial charge in [0.15, 0.2) is 5.82 Å². The Bertz CT molecular complexity index is 1560. The molecule has 178 valence electrons. The Morgan fingerprint density at radius 2 is 1.83 bits per heavy atom. The number of rotatable bonds is 5. The average Bonchev–Trinajstić information content (AvgIpc) is 3.13. The van der Waals surface area contributed by atoms with Gasteiger partial charge in [0.05, 0.1) is 18.2 Å². The van der Waals surface area contributed by atoms with Gasteiger partial charge in [-0.2, -0.15) is 23.5 Å². The molecule has 4 aromatic rings. The molecular weight excluding hydrogens is 470 g/mol. The number of aromatic amines is 1. The van der Waals surface area contributed by atoms with Gasteiger partial charge < -0.3 is 9.30 Å². The summed E-state index contributed by atoms with van der Waals surface area (Å²) in [5.74, 6) is -2.08. The molecule has 0 bridgehead atoms. The summed E-state index contributed by atoms with van der Waals surface area (Å²) in [5.41, 5.74) is -2.10. The highest BCUT2D eigenvalue weighted by atomic mass is 19.4. The molecule has 0 unspecified atom stereocenters. The zero-order valence-corrected chi connectivity index (χ0v) is 17.9. The lowest BCUT2D eigenvalue weighted by atomic mass is 10.0. The highest BCUT2D eigenvalue weighted by Gasteiger charge is 2.36. The van der Waals surface area contributed by atoms with E-state index in [0.717, 1.165) is 21.4 Å². The number of hydrogen-bond acceptors (Lipinski definition) is 5. The van der Waals surface area contributed by atoms with Gasteiger partial charge >= 0.3 is 11.9 Å². The summed E-state index contributed by atoms with van der Waals surface area (Å²) >= 11 is 0. The molecule has 0 spiro atoms. The second-order valence-corrected chi connectivity index (χ2v) is 7.43. The summed E-state index contributed by atoms with van der Waals surface area (Å²) < 4.78 is 62.8. The van der Waals surface area contributed by atoms with Crippen molar-refractivity contribution in [3.8, 4) is 28.7 Å². The fraction of sp³-hybridized carbons (Fsp3) is 0.130. The molecule has 0 radical (unpaired) electrons. The Kier molecular flexibility index (Phi) is 6.00. The number of H-pyrrole nitrogens is 1. The molecule has 0 aliphatic heterocycles. The van der Waals surface area contributed by atoms with Crippen molar-refractivity contribution in [3.63, 3.8) is 0 Å². The van der Waals surface area contributed by atoms with Gasteiger partial charge in [-0.15, -0.1) is 0 Å². The Morgan fingerprint density at radius 3 is 2.40 bits per heavy atom. The zero-order valence-electron chi connectivity index (χ0n) is 17.9. The third kappa shape index (κ3) is 4.70. The quantitative estimate of drug-likeness (QED) is 0.433. The smallest absolute Gasteiger partial charge is 0.420 e. The van der Waals surface area contributed by atoms with Crippen LogP contribution in [0, 0.1) is 17.1 Å². The first-order chi connectivity index (χ1) is 16.6. The topological polar surface area (TPSA) is 106 Å². The van der Waals surface area contributed by atoms with E-state index in [2.05, 4.69) is 10.2 Å². The molecule has 0 atom stereocenters. The van der Waals surface area contributed by atoms with Crippen LogP contribution in [0.15, 0.2) is 64.3 Å². The first-order valence-corrected chi connectivity index (χ1v) is 9.97. The second kappa shape index (κ2) is 8.94. The van der Waals surface area contributed by atoms with Crippen LogP contribution in [-0.4, -0.2) is 19.3 Å². The fourth-order valence-corrected chi connectivity index (χ4v) is 3.31. The molecule has 12 heteroatoms. The number of halogens is 4. The van der Waals surface area contributed by atoms with Crippen LogP contribution in [0.25, 0.3) is 11.1 Å². The minimum atomic E-state index is -4.92. The van der Waals surface area contributed by atoms with E-state index in [1.807, 2.05) is 6.07 Å². The number of aromatic nitrogens is 4. The first kappa shape index (κ1) is 23.5. The van der Waals surface area contributed by atoms with E-state index in [1.165, 1.54) is 43.4 Å². The summed E-state index contributed by atoms with van der Waals surface area (Å²) in [6.45, 7) is -0.311. The lowest BCUT2D eigenvalue weighted by Gasteiger charge is -2.16. The van der Waals surface area contributed by atoms with E-state index in [-0.39, 0.29) is 23.7 Å². The number of nitrogens with one attached hydrogen (secondary N) is 1. The van der Waals surface area contributed by atoms with E-state index in [9.17, 15) is 27.2 Å². The van der Waals surface area contributed by atoms with Gasteiger partial charge in [-0.3, -0.25) is 9.36 Å². The van der Waals surface area contributed by atoms with Crippen LogP contribution in [0.5, 0.6) is 11.5 Å². The van der Waals surface area contributed by atoms with Crippen molar-refractivity contribution in [2.75, 3.05) is 0 Å². The summed E-state index contributed by atoms with van der Waals surface area (Å²) in [4.78, 5) is 24.4. The number of alkyl halides is 3. The maximum absolute atomic E-state index is 14.8. The SMILES string of the molecule is Cn1c(Cn2ccc(C(F)(F)F)c(Oc3ccc(-c4ccc(C#N)cc4)c(F)c3)c2=O)n[nH]c1=O. The molecule has 2 heterocycles. The van der Waals surface area contributed by atoms with Gasteiger partial charge in [0, 0.05) is 24.9 Å². The molecular formula is C23H15F4N5O3. The summed E-state index contributed by atoms with van der Waals surface area (Å²) in [6.07, 6.45) is -4.01. The first-order valence-electron chi connectivity index (χ1n) is 9.97. The number of pyridine rings is 1. The third-order valence-electron chi connectivity index (χ3n) is 5.20. The minimum Gasteiger partial charge on any atom is -0.451 e. The van der Waals surface area contributed by atoms with E-state index >= 15 is 0 Å². The van der Waals surface area contributed by atoms with E-state index in [1.54, 1.807) is 0 Å². The van der Waals surface area contributed by atoms with Gasteiger partial charge in [0.25, 0.3) is 5.56 Å². The van der Waals surface area contributed by atoms with Crippen molar-refractivity contribution in [3.05, 3.63) is 98.3 Å². The molecule has 0 aliphatic carbocycles. The van der Waals surface area contributed by atoms with Crippen LogP contribution in [0.4, 0.5) is 17.6 Å². The van der Waals surface area contributed by atoms with Crippen molar-refractivity contribution in [2.24, 2.45) is 7.05 Å². The van der Waals surface area contributed by atoms with Crippen LogP contribution in [0.2, 0.25) is 0 Å². The molecule has 8 nitrogen and oxygen atoms in total. The molecule has 0 aliphatic rings. The van der Waals surface area contributed by atoms with Crippen molar-refractivity contribution < 1.29 is 22.3 Å². The Hall–Kier alpha value is -4.66. The summed E-state index contributed by atoms with van der Waals surface area (Å²) in [6, 6.07) is 12.0. The molecule has 35 heavy (non-hydrogen) atoms. The normalized spacial score (nSPS) is 11.3. The molecule has 2 aromatic heterocycles. The maximum Gasteiger partial charge on any atom is 0.420 e. The Balaban J connectivity index is 1.72. The molecule has 2 aromatic carbocycles. The predicted octanol–water partition coefficient (Wildman–Crippen LogP) is 3.81. The second-order valence-electron chi connectivity index (χ2n) is 7.43. The number of nitriles is 1. The van der Waals surface area contributed by atoms with Gasteiger partial charge in [-0.05, 0) is 35.9 Å². The minimum absolute atomic E-state index is 0.0978. The van der Waals surface area contributed by atoms with Crippen molar-refractivity contribution in [1.82, 2.24) is 19.3 Å². The van der Waals surface area contributed by atoms with Gasteiger partial charge in [0.2, 0.25) is 5.75 Å². The van der Waals surface area contributed by atoms with Crippen molar-refractivity contribution in [2.45, 2.75) is 12.7 Å². The summed E-state index contributed by atoms with van der Waals surface area (Å²) in [5, 5.41) is 14.8. The van der Waals surface area contributed by atoms with E-state index < -0.39 is 34.6 Å². The Labute approximate surface area is 194 Å². The standard InChI is InChI=1S/C23H15F4N5O3/c1-31-19(29-30-22(31)34)12-32-9-8-17(23(25,26)27)20(21(32)33)35-15-6-7-16(18(24)10-15)14-4-2-13(11-28)3-5-14/h2-10H,12H2,1H3,(H,30,34). The largest absolute Gasteiger partial charge is 0.451 e. The highest BCUT2D eigenvalue weighted by Crippen LogP contribution is 2.37. The lowest BCUT2D eigenvalue weighted by Crippen LogP contribution is -2.26. The van der Waals surface area contributed by atoms with E-state index in [4.69, 9.17) is 10.00 Å². The lowest BCUT2D eigenvalue weighted by molar-refractivity contribution is -0.138. The average molecular weight is 485 g/mol. The molecule has 1 N–H and O–H groups in total. The Morgan fingerprint density at radius 1 is 1.11 bits per heavy atom. The summed E-state index contributed by atoms with van der Waals surface area (Å²) in [7, 11) is 1.38. The molecule has 4 rings (SSSR count). The van der Waals surface area contributed by atoms with Crippen molar-refractivity contribution in [1.29, 1.82) is 5.26 Å². The number of ether oxygens (including phenoxy) is 1. The van der Waals surface area contributed by atoms with Crippen LogP contribution in [0.3, 0.4) is 0 Å². The molecule has 0 saturated heterocycles. The number of nitrogens with zero attached hydrogens (tertiary/aromatic N) is 4. The third-order valence-corrected chi connectivity index (χ3v) is 5.20. The van der Waals surface area contributed by atoms with E-state index in [0.29, 0.717) is 17.2 Å². The van der Waals surface area contributed by atoms with Gasteiger partial charge in [0.1, 0.15) is 17.1 Å². The predicted molar refractivity (Wildman–Crippen MR) is 115 cm³/mol. The van der Waals surface area contributed by atoms with Crippen LogP contribution in [0.1, 0.15) is 17.0 Å². The molecule has 0 fully saturated rings. The monoisotopic (exact) mass is 485 g/mol. The molecule has 0 saturated carbocycles. The van der Waals surface area contributed by atoms with Crippen LogP contribution >= 0.6 is 0 Å².